The summed E-state index contributed by atoms with van der Waals surface area (Å²) in [5, 5.41) is 9.15. The zero-order chi connectivity index (χ0) is 29.4. The van der Waals surface area contributed by atoms with E-state index in [4.69, 9.17) is 0 Å². The van der Waals surface area contributed by atoms with Gasteiger partial charge in [-0.05, 0) is 55.9 Å². The van der Waals surface area contributed by atoms with E-state index in [2.05, 4.69) is 12.2 Å². The molecule has 1 spiro atoms. The number of aliphatic hydroxyl groups is 1. The number of hydrogen-bond acceptors (Lipinski definition) is 5. The Morgan fingerprint density at radius 3 is 2.52 bits per heavy atom. The number of amides is 3. The molecule has 4 aliphatic heterocycles. The Balaban J connectivity index is 1.39. The highest BCUT2D eigenvalue weighted by molar-refractivity contribution is 8.02. The first-order valence-corrected chi connectivity index (χ1v) is 15.9. The van der Waals surface area contributed by atoms with Gasteiger partial charge >= 0.3 is 0 Å². The van der Waals surface area contributed by atoms with Crippen LogP contribution >= 0.6 is 11.8 Å². The Morgan fingerprint density at radius 2 is 1.74 bits per heavy atom. The Hall–Kier alpha value is -3.36. The monoisotopic (exact) mass is 585 g/mol. The van der Waals surface area contributed by atoms with Crippen molar-refractivity contribution >= 4 is 35.2 Å². The van der Waals surface area contributed by atoms with Crippen LogP contribution in [-0.2, 0) is 20.9 Å². The van der Waals surface area contributed by atoms with Gasteiger partial charge in [0, 0.05) is 43.7 Å². The van der Waals surface area contributed by atoms with E-state index in [1.807, 2.05) is 84.3 Å². The van der Waals surface area contributed by atoms with Crippen LogP contribution in [0.25, 0.3) is 0 Å². The number of carbonyl (C=O) groups is 3. The molecule has 2 saturated heterocycles. The van der Waals surface area contributed by atoms with Crippen LogP contribution in [0, 0.1) is 25.7 Å². The van der Waals surface area contributed by atoms with Crippen LogP contribution in [0.5, 0.6) is 0 Å². The Morgan fingerprint density at radius 1 is 0.929 bits per heavy atom. The van der Waals surface area contributed by atoms with Crippen LogP contribution < -0.4 is 4.90 Å². The van der Waals surface area contributed by atoms with Crippen molar-refractivity contribution < 1.29 is 19.5 Å². The lowest BCUT2D eigenvalue weighted by Gasteiger charge is -2.35. The van der Waals surface area contributed by atoms with Crippen LogP contribution in [-0.4, -0.2) is 74.9 Å². The molecule has 2 aromatic rings. The maximum Gasteiger partial charge on any atom is 0.251 e. The molecule has 2 aromatic carbocycles. The third kappa shape index (κ3) is 4.88. The molecule has 6 rings (SSSR count). The van der Waals surface area contributed by atoms with E-state index in [-0.39, 0.29) is 29.6 Å². The molecule has 220 valence electrons. The number of anilines is 1. The number of likely N-dealkylation sites (tertiary alicyclic amines) is 1. The van der Waals surface area contributed by atoms with Gasteiger partial charge in [-0.25, -0.2) is 0 Å². The summed E-state index contributed by atoms with van der Waals surface area (Å²) in [5.74, 6) is -1.38. The molecule has 5 atom stereocenters. The number of nitrogens with zero attached hydrogens (tertiary/aromatic N) is 3. The van der Waals surface area contributed by atoms with Crippen molar-refractivity contribution in [2.45, 2.75) is 55.7 Å². The van der Waals surface area contributed by atoms with Gasteiger partial charge in [0.1, 0.15) is 6.04 Å². The van der Waals surface area contributed by atoms with Crippen molar-refractivity contribution in [1.82, 2.24) is 9.80 Å². The van der Waals surface area contributed by atoms with Crippen molar-refractivity contribution in [1.29, 1.82) is 0 Å². The van der Waals surface area contributed by atoms with Crippen LogP contribution in [0.4, 0.5) is 5.69 Å². The van der Waals surface area contributed by atoms with Gasteiger partial charge in [-0.15, -0.1) is 11.8 Å². The minimum absolute atomic E-state index is 0.0195. The van der Waals surface area contributed by atoms with Crippen molar-refractivity contribution in [2.75, 3.05) is 31.1 Å². The second-order valence-electron chi connectivity index (χ2n) is 11.9. The largest absolute Gasteiger partial charge is 0.396 e. The first-order valence-electron chi connectivity index (χ1n) is 15.0. The highest BCUT2D eigenvalue weighted by atomic mass is 32.2. The molecule has 0 saturated carbocycles. The summed E-state index contributed by atoms with van der Waals surface area (Å²) in [7, 11) is 0. The fourth-order valence-electron chi connectivity index (χ4n) is 7.17. The number of fused-ring (bicyclic) bond motifs is 2. The van der Waals surface area contributed by atoms with E-state index in [1.54, 1.807) is 16.7 Å². The molecule has 0 aromatic heterocycles. The zero-order valence-corrected chi connectivity index (χ0v) is 25.1. The van der Waals surface area contributed by atoms with Gasteiger partial charge in [0.2, 0.25) is 11.8 Å². The van der Waals surface area contributed by atoms with Gasteiger partial charge in [-0.1, -0.05) is 66.8 Å². The third-order valence-corrected chi connectivity index (χ3v) is 10.9. The van der Waals surface area contributed by atoms with Crippen molar-refractivity contribution in [3.05, 3.63) is 89.5 Å². The van der Waals surface area contributed by atoms with E-state index in [0.29, 0.717) is 39.0 Å². The molecule has 1 unspecified atom stereocenters. The molecule has 0 bridgehead atoms. The number of benzene rings is 2. The van der Waals surface area contributed by atoms with Gasteiger partial charge in [-0.2, -0.15) is 0 Å². The molecule has 4 heterocycles. The van der Waals surface area contributed by atoms with E-state index in [0.717, 1.165) is 28.8 Å². The van der Waals surface area contributed by atoms with Gasteiger partial charge in [0.15, 0.2) is 0 Å². The van der Waals surface area contributed by atoms with E-state index >= 15 is 0 Å². The highest BCUT2D eigenvalue weighted by Gasteiger charge is 2.71. The second kappa shape index (κ2) is 11.7. The van der Waals surface area contributed by atoms with Gasteiger partial charge in [0.05, 0.1) is 16.6 Å². The molecule has 42 heavy (non-hydrogen) atoms. The van der Waals surface area contributed by atoms with Crippen LogP contribution in [0.15, 0.2) is 72.8 Å². The topological polar surface area (TPSA) is 81.2 Å². The molecular weight excluding hydrogens is 546 g/mol. The lowest BCUT2D eigenvalue weighted by molar-refractivity contribution is -0.143. The SMILES string of the molecule is Cc1ccc(C)c(N2CC=C[C@]34S[C@H]5C=CCN(Cc6ccccc6)C(=O)[C@H]5[C@H]3C(=O)N(CCCCCO)C4C2=O)c1. The van der Waals surface area contributed by atoms with Crippen LogP contribution in [0.3, 0.4) is 0 Å². The molecule has 7 nitrogen and oxygen atoms in total. The summed E-state index contributed by atoms with van der Waals surface area (Å²) in [4.78, 5) is 48.9. The molecule has 2 fully saturated rings. The predicted octanol–water partition coefficient (Wildman–Crippen LogP) is 4.26. The van der Waals surface area contributed by atoms with Crippen LogP contribution in [0.1, 0.15) is 36.0 Å². The number of aliphatic hydroxyl groups excluding tert-OH is 1. The third-order valence-electron chi connectivity index (χ3n) is 9.17. The average molecular weight is 586 g/mol. The molecule has 0 aliphatic carbocycles. The normalized spacial score (nSPS) is 28.5. The first-order chi connectivity index (χ1) is 20.4. The number of hydrogen-bond donors (Lipinski definition) is 1. The minimum Gasteiger partial charge on any atom is -0.396 e. The van der Waals surface area contributed by atoms with Gasteiger partial charge in [-0.3, -0.25) is 14.4 Å². The molecule has 4 aliphatic rings. The standard InChI is InChI=1S/C34H39N3O4S/c1-23-14-15-24(2)26(21-23)36-19-10-16-34-29(32(40)37(30(34)33(36)41)18-7-4-8-20-38)28-27(42-34)13-9-17-35(31(28)39)22-25-11-5-3-6-12-25/h3,5-6,9-16,21,27-30,38H,4,7-8,17-20,22H2,1-2H3/t27-,28+,29-,30?,34-/m0/s1. The fourth-order valence-corrected chi connectivity index (χ4v) is 9.18. The van der Waals surface area contributed by atoms with E-state index in [9.17, 15) is 19.5 Å². The summed E-state index contributed by atoms with van der Waals surface area (Å²) in [6.07, 6.45) is 10.4. The zero-order valence-electron chi connectivity index (χ0n) is 24.3. The number of rotatable bonds is 8. The van der Waals surface area contributed by atoms with E-state index in [1.165, 1.54) is 0 Å². The molecule has 0 radical (unpaired) electrons. The quantitative estimate of drug-likeness (QED) is 0.370. The lowest BCUT2D eigenvalue weighted by atomic mass is 9.78. The fraction of sp³-hybridized carbons (Fsp3) is 0.441. The number of unbranched alkanes of at least 4 members (excludes halogenated alkanes) is 2. The van der Waals surface area contributed by atoms with Crippen molar-refractivity contribution in [3.63, 3.8) is 0 Å². The van der Waals surface area contributed by atoms with Crippen molar-refractivity contribution in [3.8, 4) is 0 Å². The van der Waals surface area contributed by atoms with Crippen LogP contribution in [0.2, 0.25) is 0 Å². The molecule has 8 heteroatoms. The number of thioether (sulfide) groups is 1. The number of carbonyl (C=O) groups excluding carboxylic acids is 3. The maximum atomic E-state index is 14.7. The second-order valence-corrected chi connectivity index (χ2v) is 13.4. The number of aryl methyl sites for hydroxylation is 2. The molecule has 1 N–H and O–H groups in total. The smallest absolute Gasteiger partial charge is 0.251 e. The average Bonchev–Trinajstić information content (AvgIpc) is 3.30. The Kier molecular flexibility index (Phi) is 8.03. The molecular formula is C34H39N3O4S. The summed E-state index contributed by atoms with van der Waals surface area (Å²) in [5.41, 5.74) is 3.99. The predicted molar refractivity (Wildman–Crippen MR) is 166 cm³/mol. The Labute approximate surface area is 252 Å². The van der Waals surface area contributed by atoms with Crippen molar-refractivity contribution in [2.24, 2.45) is 11.8 Å². The highest BCUT2D eigenvalue weighted by Crippen LogP contribution is 2.61. The first kappa shape index (κ1) is 28.7. The summed E-state index contributed by atoms with van der Waals surface area (Å²) < 4.78 is -0.831. The summed E-state index contributed by atoms with van der Waals surface area (Å²) in [6, 6.07) is 15.4. The maximum absolute atomic E-state index is 14.7. The molecule has 3 amide bonds. The summed E-state index contributed by atoms with van der Waals surface area (Å²) in [6.45, 7) is 5.95. The van der Waals surface area contributed by atoms with Gasteiger partial charge < -0.3 is 19.8 Å². The lowest BCUT2D eigenvalue weighted by Crippen LogP contribution is -2.53. The van der Waals surface area contributed by atoms with Gasteiger partial charge in [0.25, 0.3) is 5.91 Å². The minimum atomic E-state index is -0.831. The van der Waals surface area contributed by atoms with E-state index < -0.39 is 22.6 Å². The summed E-state index contributed by atoms with van der Waals surface area (Å²) >= 11 is 1.62. The Bertz CT molecular complexity index is 1430.